The van der Waals surface area contributed by atoms with E-state index in [1.807, 2.05) is 22.6 Å². The number of nitrogens with one attached hydrogen (secondary N) is 2. The van der Waals surface area contributed by atoms with E-state index in [0.717, 1.165) is 42.5 Å². The average Bonchev–Trinajstić information content (AvgIpc) is 3.00. The Labute approximate surface area is 296 Å². The quantitative estimate of drug-likeness (QED) is 0.0888. The van der Waals surface area contributed by atoms with Crippen molar-refractivity contribution in [3.05, 3.63) is 95.8 Å². The molecule has 50 heavy (non-hydrogen) atoms. The largest absolute Gasteiger partial charge is 0.478 e. The zero-order valence-corrected chi connectivity index (χ0v) is 28.6. The second-order valence-electron chi connectivity index (χ2n) is 9.18. The van der Waals surface area contributed by atoms with Crippen LogP contribution in [0.3, 0.4) is 0 Å². The number of rotatable bonds is 9. The van der Waals surface area contributed by atoms with Gasteiger partial charge in [0.15, 0.2) is 0 Å². The fourth-order valence-corrected chi connectivity index (χ4v) is 5.65. The van der Waals surface area contributed by atoms with Gasteiger partial charge in [-0.2, -0.15) is 28.1 Å². The van der Waals surface area contributed by atoms with Gasteiger partial charge in [0.1, 0.15) is 27.8 Å². The number of urea groups is 1. The topological polar surface area (TPSA) is 250 Å². The molecule has 0 spiro atoms. The molecule has 0 bridgehead atoms. The standard InChI is InChI=1S/C14H7ClF3NO5.C13H12IN5O6S/c15-10-5-7(14(16,17)18)1-4-12(10)24-8-2-3-11(19(22)23)9(6-8)13(20)21;1-6-15-11(18-13(16-6)25-2)17-12(22)19-26(23,24)9-5-7(14)3-4-8(9)10(20)21/h1-6H,(H,20,21);3-5H,1-2H3,(H,20,21)(H2,15,16,17,18,19,22). The molecule has 0 fully saturated rings. The number of nitro benzene ring substituents is 1. The zero-order chi connectivity index (χ0) is 37.6. The molecule has 3 aromatic carbocycles. The monoisotopic (exact) mass is 854 g/mol. The molecular weight excluding hydrogens is 836 g/mol. The number of aryl methyl sites for hydroxylation is 1. The van der Waals surface area contributed by atoms with Gasteiger partial charge in [0.05, 0.1) is 28.2 Å². The highest BCUT2D eigenvalue weighted by Crippen LogP contribution is 2.37. The third kappa shape index (κ3) is 10.3. The SMILES string of the molecule is COc1nc(C)nc(NC(=O)NS(=O)(=O)c2cc(I)ccc2C(=O)O)n1.O=C(O)c1cc(Oc2ccc(C(F)(F)F)cc2Cl)ccc1[N+](=O)[O-]. The van der Waals surface area contributed by atoms with Crippen LogP contribution in [-0.2, 0) is 16.2 Å². The minimum Gasteiger partial charge on any atom is -0.478 e. The smallest absolute Gasteiger partial charge is 0.416 e. The van der Waals surface area contributed by atoms with Crippen LogP contribution in [0.1, 0.15) is 32.1 Å². The number of hydrogen-bond donors (Lipinski definition) is 4. The maximum atomic E-state index is 12.6. The number of nitrogens with zero attached hydrogens (tertiary/aromatic N) is 4. The number of carbonyl (C=O) groups is 3. The first kappa shape index (κ1) is 39.1. The van der Waals surface area contributed by atoms with Crippen molar-refractivity contribution in [1.29, 1.82) is 0 Å². The maximum Gasteiger partial charge on any atom is 0.416 e. The first-order chi connectivity index (χ1) is 23.2. The molecule has 1 aromatic heterocycles. The zero-order valence-electron chi connectivity index (χ0n) is 24.9. The summed E-state index contributed by atoms with van der Waals surface area (Å²) in [5.74, 6) is -3.27. The van der Waals surface area contributed by atoms with E-state index in [1.165, 1.54) is 20.1 Å². The molecule has 0 unspecified atom stereocenters. The number of carboxylic acids is 2. The molecule has 0 aliphatic heterocycles. The van der Waals surface area contributed by atoms with E-state index in [9.17, 15) is 46.1 Å². The molecule has 0 radical (unpaired) electrons. The first-order valence-electron chi connectivity index (χ1n) is 12.9. The summed E-state index contributed by atoms with van der Waals surface area (Å²) in [5.41, 5.74) is -2.72. The third-order valence-corrected chi connectivity index (χ3v) is 8.04. The molecule has 0 aliphatic rings. The summed E-state index contributed by atoms with van der Waals surface area (Å²) >= 11 is 7.54. The number of sulfonamides is 1. The Bertz CT molecular complexity index is 2110. The summed E-state index contributed by atoms with van der Waals surface area (Å²) in [7, 11) is -3.14. The minimum atomic E-state index is -4.58. The third-order valence-electron chi connectivity index (χ3n) is 5.71. The number of carboxylic acid groups (broad SMARTS) is 2. The van der Waals surface area contributed by atoms with E-state index in [4.69, 9.17) is 31.3 Å². The van der Waals surface area contributed by atoms with Gasteiger partial charge in [-0.25, -0.2) is 27.5 Å². The first-order valence-corrected chi connectivity index (χ1v) is 15.9. The van der Waals surface area contributed by atoms with Gasteiger partial charge in [-0.3, -0.25) is 15.4 Å². The van der Waals surface area contributed by atoms with Crippen LogP contribution in [0, 0.1) is 20.6 Å². The Kier molecular flexibility index (Phi) is 12.4. The van der Waals surface area contributed by atoms with Crippen molar-refractivity contribution in [2.45, 2.75) is 18.0 Å². The lowest BCUT2D eigenvalue weighted by atomic mass is 10.1. The summed E-state index contributed by atoms with van der Waals surface area (Å²) < 4.78 is 74.7. The van der Waals surface area contributed by atoms with Crippen molar-refractivity contribution >= 4 is 73.8 Å². The van der Waals surface area contributed by atoms with E-state index in [0.29, 0.717) is 9.64 Å². The summed E-state index contributed by atoms with van der Waals surface area (Å²) in [6.07, 6.45) is -4.58. The summed E-state index contributed by atoms with van der Waals surface area (Å²) in [5, 5.41) is 30.6. The molecule has 17 nitrogen and oxygen atoms in total. The lowest BCUT2D eigenvalue weighted by molar-refractivity contribution is -0.385. The molecule has 4 N–H and O–H groups in total. The number of nitro groups is 1. The van der Waals surface area contributed by atoms with Crippen molar-refractivity contribution in [2.75, 3.05) is 12.4 Å². The summed E-state index contributed by atoms with van der Waals surface area (Å²) in [6, 6.07) is 7.73. The van der Waals surface area contributed by atoms with Gasteiger partial charge in [0, 0.05) is 15.7 Å². The van der Waals surface area contributed by atoms with Crippen molar-refractivity contribution < 1.29 is 60.6 Å². The van der Waals surface area contributed by atoms with Crippen LogP contribution < -0.4 is 19.5 Å². The molecule has 264 valence electrons. The van der Waals surface area contributed by atoms with E-state index in [1.54, 1.807) is 4.72 Å². The molecule has 2 amide bonds. The van der Waals surface area contributed by atoms with Gasteiger partial charge in [-0.05, 0) is 72.0 Å². The Morgan fingerprint density at radius 2 is 1.64 bits per heavy atom. The number of aromatic nitrogens is 3. The van der Waals surface area contributed by atoms with E-state index in [2.05, 4.69) is 20.3 Å². The fourth-order valence-electron chi connectivity index (χ4n) is 3.60. The molecular formula is C27H19ClF3IN6O11S. The number of ether oxygens (including phenoxy) is 2. The Morgan fingerprint density at radius 3 is 2.20 bits per heavy atom. The van der Waals surface area contributed by atoms with E-state index < -0.39 is 66.4 Å². The Balaban J connectivity index is 0.000000271. The van der Waals surface area contributed by atoms with E-state index >= 15 is 0 Å². The van der Waals surface area contributed by atoms with Crippen LogP contribution in [0.25, 0.3) is 0 Å². The van der Waals surface area contributed by atoms with Crippen LogP contribution in [0.5, 0.6) is 17.5 Å². The van der Waals surface area contributed by atoms with Gasteiger partial charge in [-0.15, -0.1) is 0 Å². The molecule has 0 saturated carbocycles. The second kappa shape index (κ2) is 15.9. The molecule has 1 heterocycles. The van der Waals surface area contributed by atoms with Crippen LogP contribution in [-0.4, -0.2) is 63.6 Å². The highest BCUT2D eigenvalue weighted by Gasteiger charge is 2.31. The van der Waals surface area contributed by atoms with Gasteiger partial charge < -0.3 is 19.7 Å². The van der Waals surface area contributed by atoms with Crippen molar-refractivity contribution in [1.82, 2.24) is 19.7 Å². The number of amides is 2. The van der Waals surface area contributed by atoms with Crippen LogP contribution in [0.2, 0.25) is 5.02 Å². The Hall–Kier alpha value is -5.36. The van der Waals surface area contributed by atoms with E-state index in [-0.39, 0.29) is 34.3 Å². The highest BCUT2D eigenvalue weighted by atomic mass is 127. The van der Waals surface area contributed by atoms with Crippen LogP contribution in [0.4, 0.5) is 29.6 Å². The summed E-state index contributed by atoms with van der Waals surface area (Å²) in [4.78, 5) is 55.0. The fraction of sp³-hybridized carbons (Fsp3) is 0.111. The molecule has 0 saturated heterocycles. The number of aromatic carboxylic acids is 2. The summed E-state index contributed by atoms with van der Waals surface area (Å²) in [6.45, 7) is 1.52. The molecule has 0 aliphatic carbocycles. The van der Waals surface area contributed by atoms with Crippen molar-refractivity contribution in [3.63, 3.8) is 0 Å². The number of halogens is 5. The van der Waals surface area contributed by atoms with Gasteiger partial charge in [0.25, 0.3) is 15.7 Å². The van der Waals surface area contributed by atoms with Gasteiger partial charge >= 0.3 is 30.2 Å². The lowest BCUT2D eigenvalue weighted by Gasteiger charge is -2.11. The predicted molar refractivity (Wildman–Crippen MR) is 173 cm³/mol. The predicted octanol–water partition coefficient (Wildman–Crippen LogP) is 5.76. The van der Waals surface area contributed by atoms with Gasteiger partial charge in [-0.1, -0.05) is 11.6 Å². The highest BCUT2D eigenvalue weighted by molar-refractivity contribution is 14.1. The number of methoxy groups -OCH3 is 1. The average molecular weight is 855 g/mol. The van der Waals surface area contributed by atoms with Crippen LogP contribution in [0.15, 0.2) is 59.5 Å². The van der Waals surface area contributed by atoms with Crippen LogP contribution >= 0.6 is 34.2 Å². The molecule has 23 heteroatoms. The number of hydrogen-bond acceptors (Lipinski definition) is 12. The number of carbonyl (C=O) groups excluding carboxylic acids is 1. The molecule has 4 rings (SSSR count). The Morgan fingerprint density at radius 1 is 0.980 bits per heavy atom. The normalized spacial score (nSPS) is 11.0. The number of benzene rings is 3. The van der Waals surface area contributed by atoms with Crippen molar-refractivity contribution in [3.8, 4) is 17.5 Å². The van der Waals surface area contributed by atoms with Gasteiger partial charge in [0.2, 0.25) is 5.95 Å². The molecule has 4 aromatic rings. The van der Waals surface area contributed by atoms with Crippen molar-refractivity contribution in [2.24, 2.45) is 0 Å². The lowest BCUT2D eigenvalue weighted by Crippen LogP contribution is -2.35. The number of alkyl halides is 3. The molecule has 0 atom stereocenters. The maximum absolute atomic E-state index is 12.6. The second-order valence-corrected chi connectivity index (χ2v) is 12.5. The minimum absolute atomic E-state index is 0.0681. The number of anilines is 1.